The summed E-state index contributed by atoms with van der Waals surface area (Å²) in [6.07, 6.45) is 3.07. The number of carbonyl (C=O) groups excluding carboxylic acids is 1. The zero-order chi connectivity index (χ0) is 22.9. The predicted molar refractivity (Wildman–Crippen MR) is 132 cm³/mol. The van der Waals surface area contributed by atoms with Crippen LogP contribution >= 0.6 is 27.7 Å². The zero-order valence-electron chi connectivity index (χ0n) is 17.7. The van der Waals surface area contributed by atoms with Gasteiger partial charge in [-0.2, -0.15) is 0 Å². The summed E-state index contributed by atoms with van der Waals surface area (Å²) in [7, 11) is 1.52. The fourth-order valence-electron chi connectivity index (χ4n) is 2.91. The first-order valence-corrected chi connectivity index (χ1v) is 11.7. The predicted octanol–water partition coefficient (Wildman–Crippen LogP) is 7.21. The van der Waals surface area contributed by atoms with Crippen LogP contribution in [0.2, 0.25) is 0 Å². The van der Waals surface area contributed by atoms with Crippen molar-refractivity contribution in [2.45, 2.75) is 17.6 Å². The van der Waals surface area contributed by atoms with Crippen molar-refractivity contribution in [1.29, 1.82) is 0 Å². The number of hydrogen-bond acceptors (Lipinski definition) is 5. The van der Waals surface area contributed by atoms with E-state index in [2.05, 4.69) is 33.4 Å². The van der Waals surface area contributed by atoms with Crippen molar-refractivity contribution >= 4 is 51.1 Å². The van der Waals surface area contributed by atoms with Crippen molar-refractivity contribution in [2.24, 2.45) is 0 Å². The van der Waals surface area contributed by atoms with Crippen molar-refractivity contribution in [1.82, 2.24) is 0 Å². The van der Waals surface area contributed by atoms with E-state index in [0.29, 0.717) is 28.2 Å². The molecule has 0 saturated carbocycles. The van der Waals surface area contributed by atoms with Gasteiger partial charge in [-0.3, -0.25) is 0 Å². The number of thioether (sulfide) groups is 1. The third-order valence-electron chi connectivity index (χ3n) is 4.47. The van der Waals surface area contributed by atoms with E-state index in [1.165, 1.54) is 24.8 Å². The van der Waals surface area contributed by atoms with Crippen LogP contribution in [0.5, 0.6) is 5.75 Å². The van der Waals surface area contributed by atoms with Crippen LogP contribution in [0.15, 0.2) is 76.1 Å². The SMILES string of the molecule is CCOC(=O)/C=C/c1cc(SCc2ccccc2)ccc1Nc1cc(F)c(Br)cc1OC. The number of benzene rings is 3. The summed E-state index contributed by atoms with van der Waals surface area (Å²) in [4.78, 5) is 12.9. The first-order chi connectivity index (χ1) is 15.5. The molecule has 0 fully saturated rings. The molecule has 166 valence electrons. The molecule has 4 nitrogen and oxygen atoms in total. The van der Waals surface area contributed by atoms with Gasteiger partial charge in [0.05, 0.1) is 23.9 Å². The third kappa shape index (κ3) is 6.61. The summed E-state index contributed by atoms with van der Waals surface area (Å²) < 4.78 is 24.8. The van der Waals surface area contributed by atoms with Crippen LogP contribution in [0.25, 0.3) is 6.08 Å². The molecule has 1 N–H and O–H groups in total. The Kier molecular flexibility index (Phi) is 8.76. The van der Waals surface area contributed by atoms with Crippen molar-refractivity contribution in [3.63, 3.8) is 0 Å². The molecule has 0 bridgehead atoms. The molecule has 32 heavy (non-hydrogen) atoms. The molecule has 0 aromatic heterocycles. The molecule has 7 heteroatoms. The van der Waals surface area contributed by atoms with Crippen LogP contribution in [0.3, 0.4) is 0 Å². The molecule has 0 saturated heterocycles. The number of anilines is 2. The maximum atomic E-state index is 14.1. The fraction of sp³-hybridized carbons (Fsp3) is 0.160. The van der Waals surface area contributed by atoms with Gasteiger partial charge in [-0.25, -0.2) is 9.18 Å². The summed E-state index contributed by atoms with van der Waals surface area (Å²) in [6, 6.07) is 19.0. The number of esters is 1. The van der Waals surface area contributed by atoms with Crippen LogP contribution in [-0.4, -0.2) is 19.7 Å². The van der Waals surface area contributed by atoms with E-state index in [0.717, 1.165) is 16.2 Å². The average molecular weight is 516 g/mol. The van der Waals surface area contributed by atoms with E-state index in [1.54, 1.807) is 30.8 Å². The van der Waals surface area contributed by atoms with E-state index < -0.39 is 11.8 Å². The Hall–Kier alpha value is -2.77. The van der Waals surface area contributed by atoms with Gasteiger partial charge in [-0.15, -0.1) is 11.8 Å². The van der Waals surface area contributed by atoms with Crippen LogP contribution in [0.4, 0.5) is 15.8 Å². The minimum absolute atomic E-state index is 0.302. The van der Waals surface area contributed by atoms with Crippen LogP contribution in [-0.2, 0) is 15.3 Å². The number of halogens is 2. The van der Waals surface area contributed by atoms with Gasteiger partial charge < -0.3 is 14.8 Å². The second kappa shape index (κ2) is 11.7. The highest BCUT2D eigenvalue weighted by Gasteiger charge is 2.12. The molecule has 3 rings (SSSR count). The quantitative estimate of drug-likeness (QED) is 0.185. The summed E-state index contributed by atoms with van der Waals surface area (Å²) in [5.74, 6) is 0.474. The number of ether oxygens (including phenoxy) is 2. The fourth-order valence-corrected chi connectivity index (χ4v) is 4.13. The highest BCUT2D eigenvalue weighted by Crippen LogP contribution is 2.35. The maximum Gasteiger partial charge on any atom is 0.330 e. The molecule has 0 aliphatic rings. The van der Waals surface area contributed by atoms with Gasteiger partial charge in [0.25, 0.3) is 0 Å². The smallest absolute Gasteiger partial charge is 0.330 e. The maximum absolute atomic E-state index is 14.1. The van der Waals surface area contributed by atoms with Gasteiger partial charge in [0.15, 0.2) is 0 Å². The standard InChI is InChI=1S/C25H23BrFNO3S/c1-3-31-25(29)12-9-18-13-19(32-16-17-7-5-4-6-8-17)10-11-22(18)28-23-15-21(27)20(26)14-24(23)30-2/h4-15,28H,3,16H2,1-2H3/b12-9+. The number of rotatable bonds is 9. The molecule has 0 amide bonds. The molecular formula is C25H23BrFNO3S. The molecule has 3 aromatic carbocycles. The summed E-state index contributed by atoms with van der Waals surface area (Å²) in [6.45, 7) is 2.06. The van der Waals surface area contributed by atoms with E-state index in [1.807, 2.05) is 36.4 Å². The Morgan fingerprint density at radius 2 is 1.91 bits per heavy atom. The molecule has 0 atom stereocenters. The van der Waals surface area contributed by atoms with E-state index in [-0.39, 0.29) is 0 Å². The second-order valence-corrected chi connectivity index (χ2v) is 8.60. The summed E-state index contributed by atoms with van der Waals surface area (Å²) in [5, 5.41) is 3.22. The largest absolute Gasteiger partial charge is 0.495 e. The average Bonchev–Trinajstić information content (AvgIpc) is 2.80. The monoisotopic (exact) mass is 515 g/mol. The van der Waals surface area contributed by atoms with Gasteiger partial charge in [0.2, 0.25) is 0 Å². The first kappa shape index (κ1) is 23.9. The normalized spacial score (nSPS) is 10.9. The van der Waals surface area contributed by atoms with Gasteiger partial charge in [0.1, 0.15) is 11.6 Å². The molecule has 0 spiro atoms. The molecule has 0 radical (unpaired) electrons. The van der Waals surface area contributed by atoms with Gasteiger partial charge in [-0.1, -0.05) is 30.3 Å². The first-order valence-electron chi connectivity index (χ1n) is 9.95. The molecule has 0 aliphatic heterocycles. The Balaban J connectivity index is 1.90. The van der Waals surface area contributed by atoms with Crippen LogP contribution in [0.1, 0.15) is 18.1 Å². The van der Waals surface area contributed by atoms with Crippen molar-refractivity contribution in [3.8, 4) is 5.75 Å². The lowest BCUT2D eigenvalue weighted by atomic mass is 10.1. The zero-order valence-corrected chi connectivity index (χ0v) is 20.1. The Bertz CT molecular complexity index is 1110. The number of methoxy groups -OCH3 is 1. The van der Waals surface area contributed by atoms with Crippen LogP contribution < -0.4 is 10.1 Å². The van der Waals surface area contributed by atoms with Gasteiger partial charge in [0, 0.05) is 28.5 Å². The van der Waals surface area contributed by atoms with Crippen molar-refractivity contribution in [2.75, 3.05) is 19.0 Å². The molecule has 0 aliphatic carbocycles. The molecule has 0 heterocycles. The molecule has 0 unspecified atom stereocenters. The lowest BCUT2D eigenvalue weighted by Gasteiger charge is -2.15. The van der Waals surface area contributed by atoms with Crippen LogP contribution in [0, 0.1) is 5.82 Å². The summed E-state index contributed by atoms with van der Waals surface area (Å²) >= 11 is 4.86. The third-order valence-corrected chi connectivity index (χ3v) is 6.14. The van der Waals surface area contributed by atoms with Gasteiger partial charge >= 0.3 is 5.97 Å². The summed E-state index contributed by atoms with van der Waals surface area (Å²) in [5.41, 5.74) is 3.16. The highest BCUT2D eigenvalue weighted by atomic mass is 79.9. The lowest BCUT2D eigenvalue weighted by molar-refractivity contribution is -0.137. The van der Waals surface area contributed by atoms with Crippen molar-refractivity contribution in [3.05, 3.63) is 88.2 Å². The minimum atomic E-state index is -0.423. The van der Waals surface area contributed by atoms with Gasteiger partial charge in [-0.05, 0) is 64.3 Å². The Labute approximate surface area is 200 Å². The molecular weight excluding hydrogens is 493 g/mol. The number of nitrogens with one attached hydrogen (secondary N) is 1. The Morgan fingerprint density at radius 3 is 2.62 bits per heavy atom. The van der Waals surface area contributed by atoms with Crippen molar-refractivity contribution < 1.29 is 18.7 Å². The Morgan fingerprint density at radius 1 is 1.12 bits per heavy atom. The van der Waals surface area contributed by atoms with E-state index in [9.17, 15) is 9.18 Å². The van der Waals surface area contributed by atoms with E-state index >= 15 is 0 Å². The second-order valence-electron chi connectivity index (χ2n) is 6.70. The highest BCUT2D eigenvalue weighted by molar-refractivity contribution is 9.10. The topological polar surface area (TPSA) is 47.6 Å². The van der Waals surface area contributed by atoms with E-state index in [4.69, 9.17) is 9.47 Å². The minimum Gasteiger partial charge on any atom is -0.495 e. The molecule has 3 aromatic rings. The number of hydrogen-bond donors (Lipinski definition) is 1. The number of carbonyl (C=O) groups is 1. The lowest BCUT2D eigenvalue weighted by Crippen LogP contribution is -2.00.